The van der Waals surface area contributed by atoms with E-state index in [9.17, 15) is 4.79 Å². The van der Waals surface area contributed by atoms with Crippen molar-refractivity contribution in [2.75, 3.05) is 20.2 Å². The number of methoxy groups -OCH3 is 1. The Kier molecular flexibility index (Phi) is 5.05. The molecule has 1 atom stereocenters. The first-order valence-corrected chi connectivity index (χ1v) is 8.51. The van der Waals surface area contributed by atoms with Crippen molar-refractivity contribution in [3.63, 3.8) is 0 Å². The van der Waals surface area contributed by atoms with E-state index in [0.717, 1.165) is 31.0 Å². The fraction of sp³-hybridized carbons (Fsp3) is 0.368. The molecule has 1 aliphatic rings. The molecule has 2 aromatic rings. The van der Waals surface area contributed by atoms with E-state index in [2.05, 4.69) is 18.0 Å². The molecule has 126 valence electrons. The van der Waals surface area contributed by atoms with E-state index in [1.165, 1.54) is 11.1 Å². The zero-order valence-electron chi connectivity index (χ0n) is 14.0. The lowest BCUT2D eigenvalue weighted by Gasteiger charge is -2.33. The summed E-state index contributed by atoms with van der Waals surface area (Å²) in [5.41, 5.74) is 3.09. The van der Waals surface area contributed by atoms with E-state index in [0.29, 0.717) is 17.4 Å². The molecule has 1 amide bonds. The smallest absolute Gasteiger partial charge is 0.254 e. The molecule has 2 heterocycles. The maximum absolute atomic E-state index is 12.8. The lowest BCUT2D eigenvalue weighted by atomic mass is 9.88. The molecule has 3 rings (SSSR count). The van der Waals surface area contributed by atoms with Crippen LogP contribution in [-0.2, 0) is 0 Å². The molecule has 0 saturated carbocycles. The number of benzene rings is 1. The van der Waals surface area contributed by atoms with Crippen molar-refractivity contribution in [2.45, 2.75) is 25.7 Å². The quantitative estimate of drug-likeness (QED) is 0.842. The summed E-state index contributed by atoms with van der Waals surface area (Å²) >= 11 is 6.06. The highest BCUT2D eigenvalue weighted by atomic mass is 35.5. The van der Waals surface area contributed by atoms with Crippen molar-refractivity contribution in [1.82, 2.24) is 9.88 Å². The van der Waals surface area contributed by atoms with E-state index < -0.39 is 0 Å². The molecule has 0 unspecified atom stereocenters. The minimum Gasteiger partial charge on any atom is -0.481 e. The first-order chi connectivity index (χ1) is 11.6. The van der Waals surface area contributed by atoms with E-state index in [-0.39, 0.29) is 5.91 Å². The van der Waals surface area contributed by atoms with Crippen LogP contribution in [0.1, 0.15) is 40.2 Å². The average Bonchev–Trinajstić information content (AvgIpc) is 2.61. The predicted molar refractivity (Wildman–Crippen MR) is 94.9 cm³/mol. The molecule has 0 N–H and O–H groups in total. The summed E-state index contributed by atoms with van der Waals surface area (Å²) in [4.78, 5) is 18.8. The van der Waals surface area contributed by atoms with Gasteiger partial charge in [-0.3, -0.25) is 4.79 Å². The Labute approximate surface area is 147 Å². The highest BCUT2D eigenvalue weighted by Gasteiger charge is 2.26. The molecule has 0 spiro atoms. The number of piperidine rings is 1. The normalized spacial score (nSPS) is 17.6. The highest BCUT2D eigenvalue weighted by Crippen LogP contribution is 2.31. The third-order valence-electron chi connectivity index (χ3n) is 4.57. The second-order valence-electron chi connectivity index (χ2n) is 6.18. The third kappa shape index (κ3) is 3.54. The summed E-state index contributed by atoms with van der Waals surface area (Å²) in [6.45, 7) is 3.59. The minimum atomic E-state index is 0.0343. The van der Waals surface area contributed by atoms with Crippen molar-refractivity contribution in [3.8, 4) is 5.88 Å². The van der Waals surface area contributed by atoms with Gasteiger partial charge >= 0.3 is 0 Å². The summed E-state index contributed by atoms with van der Waals surface area (Å²) in [7, 11) is 1.55. The van der Waals surface area contributed by atoms with E-state index in [4.69, 9.17) is 16.3 Å². The number of likely N-dealkylation sites (tertiary alicyclic amines) is 1. The number of rotatable bonds is 3. The van der Waals surface area contributed by atoms with Crippen molar-refractivity contribution in [1.29, 1.82) is 0 Å². The Hall–Kier alpha value is -2.07. The number of ether oxygens (including phenoxy) is 1. The van der Waals surface area contributed by atoms with Crippen LogP contribution < -0.4 is 4.74 Å². The zero-order chi connectivity index (χ0) is 17.1. The van der Waals surface area contributed by atoms with Gasteiger partial charge in [-0.15, -0.1) is 0 Å². The molecule has 1 aromatic heterocycles. The first-order valence-electron chi connectivity index (χ1n) is 8.14. The Bertz CT molecular complexity index is 748. The number of hydrogen-bond donors (Lipinski definition) is 0. The van der Waals surface area contributed by atoms with Crippen LogP contribution in [0.15, 0.2) is 36.5 Å². The van der Waals surface area contributed by atoms with Crippen LogP contribution >= 0.6 is 11.6 Å². The molecule has 0 radical (unpaired) electrons. The standard InChI is InChI=1S/C19H21ClN2O2/c1-13-10-16(20)5-6-17(13)15-4-3-9-22(12-15)19(23)14-7-8-21-18(11-14)24-2/h5-8,10-11,15H,3-4,9,12H2,1-2H3/t15-/m1/s1. The van der Waals surface area contributed by atoms with Gasteiger partial charge in [-0.1, -0.05) is 17.7 Å². The molecule has 24 heavy (non-hydrogen) atoms. The van der Waals surface area contributed by atoms with Gasteiger partial charge in [0.15, 0.2) is 0 Å². The molecule has 1 aromatic carbocycles. The second kappa shape index (κ2) is 7.22. The number of amides is 1. The first kappa shape index (κ1) is 16.8. The largest absolute Gasteiger partial charge is 0.481 e. The summed E-state index contributed by atoms with van der Waals surface area (Å²) < 4.78 is 5.12. The SMILES string of the molecule is COc1cc(C(=O)N2CCC[C@@H](c3ccc(Cl)cc3C)C2)ccn1. The van der Waals surface area contributed by atoms with Gasteiger partial charge in [0.2, 0.25) is 5.88 Å². The number of nitrogens with zero attached hydrogens (tertiary/aromatic N) is 2. The number of pyridine rings is 1. The van der Waals surface area contributed by atoms with Crippen LogP contribution in [0.2, 0.25) is 5.02 Å². The van der Waals surface area contributed by atoms with E-state index in [1.807, 2.05) is 17.0 Å². The van der Waals surface area contributed by atoms with Gasteiger partial charge in [0.25, 0.3) is 5.91 Å². The van der Waals surface area contributed by atoms with Gasteiger partial charge in [-0.25, -0.2) is 4.98 Å². The maximum Gasteiger partial charge on any atom is 0.254 e. The molecule has 1 fully saturated rings. The summed E-state index contributed by atoms with van der Waals surface area (Å²) in [5.74, 6) is 0.846. The van der Waals surface area contributed by atoms with Gasteiger partial charge in [0, 0.05) is 41.9 Å². The summed E-state index contributed by atoms with van der Waals surface area (Å²) in [5, 5.41) is 0.754. The zero-order valence-corrected chi connectivity index (χ0v) is 14.7. The van der Waals surface area contributed by atoms with Crippen LogP contribution in [0.25, 0.3) is 0 Å². The molecule has 5 heteroatoms. The van der Waals surface area contributed by atoms with Crippen molar-refractivity contribution in [3.05, 3.63) is 58.2 Å². The fourth-order valence-corrected chi connectivity index (χ4v) is 3.58. The number of aromatic nitrogens is 1. The predicted octanol–water partition coefficient (Wildman–Crippen LogP) is 4.07. The topological polar surface area (TPSA) is 42.4 Å². The molecular formula is C19H21ClN2O2. The fourth-order valence-electron chi connectivity index (χ4n) is 3.35. The summed E-state index contributed by atoms with van der Waals surface area (Å²) in [6, 6.07) is 9.44. The van der Waals surface area contributed by atoms with Crippen molar-refractivity contribution >= 4 is 17.5 Å². The number of carbonyl (C=O) groups is 1. The van der Waals surface area contributed by atoms with Crippen LogP contribution in [0, 0.1) is 6.92 Å². The van der Waals surface area contributed by atoms with Crippen LogP contribution in [0.4, 0.5) is 0 Å². The number of aryl methyl sites for hydroxylation is 1. The Morgan fingerprint density at radius 1 is 1.33 bits per heavy atom. The van der Waals surface area contributed by atoms with Gasteiger partial charge in [-0.2, -0.15) is 0 Å². The van der Waals surface area contributed by atoms with Gasteiger partial charge in [-0.05, 0) is 49.1 Å². The summed E-state index contributed by atoms with van der Waals surface area (Å²) in [6.07, 6.45) is 3.70. The van der Waals surface area contributed by atoms with E-state index >= 15 is 0 Å². The Balaban J connectivity index is 1.78. The minimum absolute atomic E-state index is 0.0343. The molecule has 0 bridgehead atoms. The van der Waals surface area contributed by atoms with Crippen LogP contribution in [0.3, 0.4) is 0 Å². The van der Waals surface area contributed by atoms with Gasteiger partial charge < -0.3 is 9.64 Å². The maximum atomic E-state index is 12.8. The Morgan fingerprint density at radius 2 is 2.17 bits per heavy atom. The number of halogens is 1. The monoisotopic (exact) mass is 344 g/mol. The van der Waals surface area contributed by atoms with E-state index in [1.54, 1.807) is 25.4 Å². The van der Waals surface area contributed by atoms with Crippen molar-refractivity contribution < 1.29 is 9.53 Å². The van der Waals surface area contributed by atoms with Crippen molar-refractivity contribution in [2.24, 2.45) is 0 Å². The third-order valence-corrected chi connectivity index (χ3v) is 4.81. The molecule has 1 aliphatic heterocycles. The van der Waals surface area contributed by atoms with Crippen LogP contribution in [-0.4, -0.2) is 36.0 Å². The molecule has 0 aliphatic carbocycles. The number of hydrogen-bond acceptors (Lipinski definition) is 3. The molecule has 4 nitrogen and oxygen atoms in total. The lowest BCUT2D eigenvalue weighted by molar-refractivity contribution is 0.0706. The average molecular weight is 345 g/mol. The van der Waals surface area contributed by atoms with Crippen LogP contribution in [0.5, 0.6) is 5.88 Å². The molecule has 1 saturated heterocycles. The highest BCUT2D eigenvalue weighted by molar-refractivity contribution is 6.30. The van der Waals surface area contributed by atoms with Gasteiger partial charge in [0.1, 0.15) is 0 Å². The Morgan fingerprint density at radius 3 is 2.92 bits per heavy atom. The second-order valence-corrected chi connectivity index (χ2v) is 6.61. The molecular weight excluding hydrogens is 324 g/mol. The van der Waals surface area contributed by atoms with Gasteiger partial charge in [0.05, 0.1) is 7.11 Å². The number of carbonyl (C=O) groups excluding carboxylic acids is 1. The lowest BCUT2D eigenvalue weighted by Crippen LogP contribution is -2.39.